The average Bonchev–Trinajstić information content (AvgIpc) is 2.16. The Hall–Kier alpha value is -0.980. The van der Waals surface area contributed by atoms with Crippen molar-refractivity contribution in [1.29, 1.82) is 0 Å². The molecule has 0 fully saturated rings. The Morgan fingerprint density at radius 2 is 2.33 bits per heavy atom. The highest BCUT2D eigenvalue weighted by Gasteiger charge is 2.18. The second-order valence-corrected chi connectivity index (χ2v) is 3.91. The number of carbonyl (C=O) groups excluding carboxylic acids is 1. The van der Waals surface area contributed by atoms with E-state index in [1.807, 2.05) is 0 Å². The van der Waals surface area contributed by atoms with E-state index in [-0.39, 0.29) is 0 Å². The van der Waals surface area contributed by atoms with Crippen LogP contribution in [0.1, 0.15) is 6.92 Å². The molecule has 1 aromatic rings. The molecule has 0 saturated heterocycles. The van der Waals surface area contributed by atoms with Gasteiger partial charge in [0.05, 0.1) is 6.10 Å². The highest BCUT2D eigenvalue weighted by molar-refractivity contribution is 9.10. The topological polar surface area (TPSA) is 88.2 Å². The first-order chi connectivity index (χ1) is 7.00. The molecule has 0 saturated carbocycles. The van der Waals surface area contributed by atoms with Crippen LogP contribution in [0, 0.1) is 0 Å². The van der Waals surface area contributed by atoms with Gasteiger partial charge in [0.2, 0.25) is 5.91 Å². The van der Waals surface area contributed by atoms with E-state index in [9.17, 15) is 4.79 Å². The summed E-state index contributed by atoms with van der Waals surface area (Å²) in [6.45, 7) is 1.46. The molecule has 0 aromatic carbocycles. The maximum atomic E-state index is 11.4. The Balaban J connectivity index is 2.66. The van der Waals surface area contributed by atoms with Gasteiger partial charge in [-0.1, -0.05) is 6.07 Å². The van der Waals surface area contributed by atoms with Gasteiger partial charge in [-0.2, -0.15) is 0 Å². The lowest BCUT2D eigenvalue weighted by molar-refractivity contribution is -0.119. The number of aromatic nitrogens is 1. The average molecular weight is 274 g/mol. The van der Waals surface area contributed by atoms with Gasteiger partial charge in [-0.3, -0.25) is 4.79 Å². The fraction of sp³-hybridized carbons (Fsp3) is 0.333. The van der Waals surface area contributed by atoms with Crippen LogP contribution in [0.15, 0.2) is 22.8 Å². The van der Waals surface area contributed by atoms with Crippen LogP contribution in [0.4, 0.5) is 5.82 Å². The Morgan fingerprint density at radius 3 is 2.87 bits per heavy atom. The van der Waals surface area contributed by atoms with Crippen LogP contribution in [0.5, 0.6) is 0 Å². The van der Waals surface area contributed by atoms with Crippen molar-refractivity contribution in [3.63, 3.8) is 0 Å². The Labute approximate surface area is 95.8 Å². The zero-order valence-electron chi connectivity index (χ0n) is 8.14. The van der Waals surface area contributed by atoms with Crippen molar-refractivity contribution in [2.75, 3.05) is 5.32 Å². The van der Waals surface area contributed by atoms with E-state index in [4.69, 9.17) is 10.8 Å². The van der Waals surface area contributed by atoms with Crippen molar-refractivity contribution in [3.8, 4) is 0 Å². The van der Waals surface area contributed by atoms with Crippen LogP contribution >= 0.6 is 15.9 Å². The third kappa shape index (κ3) is 3.58. The summed E-state index contributed by atoms with van der Waals surface area (Å²) >= 11 is 3.17. The number of aliphatic hydroxyl groups is 1. The number of rotatable bonds is 3. The van der Waals surface area contributed by atoms with Gasteiger partial charge in [-0.25, -0.2) is 4.98 Å². The van der Waals surface area contributed by atoms with Gasteiger partial charge < -0.3 is 16.2 Å². The third-order valence-corrected chi connectivity index (χ3v) is 2.23. The van der Waals surface area contributed by atoms with Gasteiger partial charge in [-0.05, 0) is 35.0 Å². The predicted molar refractivity (Wildman–Crippen MR) is 60.2 cm³/mol. The summed E-state index contributed by atoms with van der Waals surface area (Å²) in [5.41, 5.74) is 5.44. The molecule has 0 aliphatic carbocycles. The minimum atomic E-state index is -0.953. The molecule has 82 valence electrons. The molecule has 0 spiro atoms. The molecule has 0 unspecified atom stereocenters. The van der Waals surface area contributed by atoms with E-state index in [1.165, 1.54) is 6.92 Å². The first-order valence-electron chi connectivity index (χ1n) is 4.38. The summed E-state index contributed by atoms with van der Waals surface area (Å²) in [4.78, 5) is 15.4. The van der Waals surface area contributed by atoms with Gasteiger partial charge >= 0.3 is 0 Å². The zero-order valence-corrected chi connectivity index (χ0v) is 9.73. The SMILES string of the molecule is C[C@@H](O)[C@H](N)C(=O)Nc1cccc(Br)n1. The summed E-state index contributed by atoms with van der Waals surface area (Å²) < 4.78 is 0.617. The molecule has 1 aromatic heterocycles. The number of carbonyl (C=O) groups is 1. The summed E-state index contributed by atoms with van der Waals surface area (Å²) in [6.07, 6.45) is -0.892. The molecule has 1 heterocycles. The van der Waals surface area contributed by atoms with E-state index in [0.717, 1.165) is 0 Å². The highest BCUT2D eigenvalue weighted by Crippen LogP contribution is 2.10. The summed E-state index contributed by atoms with van der Waals surface area (Å²) in [5.74, 6) is -0.0684. The summed E-state index contributed by atoms with van der Waals surface area (Å²) in [7, 11) is 0. The molecule has 1 rings (SSSR count). The fourth-order valence-electron chi connectivity index (χ4n) is 0.907. The molecule has 1 amide bonds. The van der Waals surface area contributed by atoms with Crippen LogP contribution in [-0.4, -0.2) is 28.1 Å². The lowest BCUT2D eigenvalue weighted by Gasteiger charge is -2.13. The number of nitrogens with one attached hydrogen (secondary N) is 1. The van der Waals surface area contributed by atoms with Gasteiger partial charge in [0.15, 0.2) is 0 Å². The number of halogens is 1. The second-order valence-electron chi connectivity index (χ2n) is 3.10. The first-order valence-corrected chi connectivity index (χ1v) is 5.17. The number of hydrogen-bond acceptors (Lipinski definition) is 4. The summed E-state index contributed by atoms with van der Waals surface area (Å²) in [6, 6.07) is 4.16. The van der Waals surface area contributed by atoms with E-state index >= 15 is 0 Å². The van der Waals surface area contributed by atoms with Crippen molar-refractivity contribution in [3.05, 3.63) is 22.8 Å². The Kier molecular flexibility index (Phi) is 4.19. The van der Waals surface area contributed by atoms with Crippen molar-refractivity contribution in [1.82, 2.24) is 4.98 Å². The van der Waals surface area contributed by atoms with Gasteiger partial charge in [0.25, 0.3) is 0 Å². The van der Waals surface area contributed by atoms with Crippen LogP contribution in [0.3, 0.4) is 0 Å². The van der Waals surface area contributed by atoms with Crippen molar-refractivity contribution in [2.45, 2.75) is 19.1 Å². The van der Waals surface area contributed by atoms with Gasteiger partial charge in [0.1, 0.15) is 16.5 Å². The first kappa shape index (κ1) is 12.1. The minimum Gasteiger partial charge on any atom is -0.391 e. The number of amides is 1. The van der Waals surface area contributed by atoms with E-state index < -0.39 is 18.1 Å². The maximum absolute atomic E-state index is 11.4. The molecular weight excluding hydrogens is 262 g/mol. The van der Waals surface area contributed by atoms with E-state index in [0.29, 0.717) is 10.4 Å². The lowest BCUT2D eigenvalue weighted by atomic mass is 10.2. The molecule has 2 atom stereocenters. The van der Waals surface area contributed by atoms with E-state index in [2.05, 4.69) is 26.2 Å². The van der Waals surface area contributed by atoms with E-state index in [1.54, 1.807) is 18.2 Å². The standard InChI is InChI=1S/C9H12BrN3O2/c1-5(14)8(11)9(15)13-7-4-2-3-6(10)12-7/h2-5,8,14H,11H2,1H3,(H,12,13,15)/t5-,8+/m1/s1. The molecule has 0 aliphatic heterocycles. The molecule has 5 nitrogen and oxygen atoms in total. The van der Waals surface area contributed by atoms with Crippen LogP contribution in [0.2, 0.25) is 0 Å². The van der Waals surface area contributed by atoms with Crippen LogP contribution in [-0.2, 0) is 4.79 Å². The van der Waals surface area contributed by atoms with Crippen LogP contribution in [0.25, 0.3) is 0 Å². The summed E-state index contributed by atoms with van der Waals surface area (Å²) in [5, 5.41) is 11.6. The molecule has 0 radical (unpaired) electrons. The molecule has 15 heavy (non-hydrogen) atoms. The normalized spacial score (nSPS) is 14.4. The monoisotopic (exact) mass is 273 g/mol. The molecule has 0 aliphatic rings. The molecule has 6 heteroatoms. The van der Waals surface area contributed by atoms with Gasteiger partial charge in [-0.15, -0.1) is 0 Å². The third-order valence-electron chi connectivity index (χ3n) is 1.79. The Morgan fingerprint density at radius 1 is 1.67 bits per heavy atom. The number of pyridine rings is 1. The Bertz CT molecular complexity index is 357. The van der Waals surface area contributed by atoms with Crippen molar-refractivity contribution >= 4 is 27.7 Å². The van der Waals surface area contributed by atoms with Gasteiger partial charge in [0, 0.05) is 0 Å². The molecule has 0 bridgehead atoms. The number of anilines is 1. The van der Waals surface area contributed by atoms with Crippen LogP contribution < -0.4 is 11.1 Å². The number of nitrogens with zero attached hydrogens (tertiary/aromatic N) is 1. The van der Waals surface area contributed by atoms with Crippen molar-refractivity contribution < 1.29 is 9.90 Å². The number of hydrogen-bond donors (Lipinski definition) is 3. The smallest absolute Gasteiger partial charge is 0.245 e. The lowest BCUT2D eigenvalue weighted by Crippen LogP contribution is -2.43. The number of aliphatic hydroxyl groups excluding tert-OH is 1. The predicted octanol–water partition coefficient (Wildman–Crippen LogP) is 0.491. The molecule has 4 N–H and O–H groups in total. The quantitative estimate of drug-likeness (QED) is 0.700. The minimum absolute atomic E-state index is 0.394. The molecular formula is C9H12BrN3O2. The van der Waals surface area contributed by atoms with Crippen molar-refractivity contribution in [2.24, 2.45) is 5.73 Å². The second kappa shape index (κ2) is 5.20. The zero-order chi connectivity index (χ0) is 11.4. The fourth-order valence-corrected chi connectivity index (χ4v) is 1.25. The highest BCUT2D eigenvalue weighted by atomic mass is 79.9. The largest absolute Gasteiger partial charge is 0.391 e. The maximum Gasteiger partial charge on any atom is 0.245 e. The number of nitrogens with two attached hydrogens (primary N) is 1.